The van der Waals surface area contributed by atoms with Gasteiger partial charge in [-0.05, 0) is 62.3 Å². The molecule has 2 bridgehead atoms. The van der Waals surface area contributed by atoms with Crippen LogP contribution in [-0.4, -0.2) is 67.8 Å². The number of carbonyl (C=O) groups excluding carboxylic acids is 1. The van der Waals surface area contributed by atoms with Crippen LogP contribution in [0.1, 0.15) is 74.2 Å². The van der Waals surface area contributed by atoms with E-state index in [2.05, 4.69) is 25.9 Å². The van der Waals surface area contributed by atoms with Crippen LogP contribution in [0, 0.1) is 29.0 Å². The Kier molecular flexibility index (Phi) is 8.89. The molecule has 54 heavy (non-hydrogen) atoms. The first kappa shape index (κ1) is 35.2. The third-order valence-corrected chi connectivity index (χ3v) is 12.4. The van der Waals surface area contributed by atoms with Gasteiger partial charge in [0.05, 0.1) is 65.2 Å². The summed E-state index contributed by atoms with van der Waals surface area (Å²) in [5.74, 6) is 0.511. The molecule has 11 nitrogen and oxygen atoms in total. The van der Waals surface area contributed by atoms with E-state index >= 15 is 4.39 Å². The molecule has 2 aliphatic carbocycles. The number of ether oxygens (including phenoxy) is 2. The number of fused-ring (bicyclic) bond motifs is 4. The Labute approximate surface area is 321 Å². The Morgan fingerprint density at radius 3 is 2.69 bits per heavy atom. The van der Waals surface area contributed by atoms with Crippen LogP contribution in [0.25, 0.3) is 32.9 Å². The molecule has 2 N–H and O–H groups in total. The van der Waals surface area contributed by atoms with E-state index < -0.39 is 11.9 Å². The molecule has 0 spiro atoms. The van der Waals surface area contributed by atoms with Crippen molar-refractivity contribution < 1.29 is 23.8 Å². The molecule has 10 rings (SSSR count). The summed E-state index contributed by atoms with van der Waals surface area (Å²) in [5, 5.41) is 26.3. The number of methoxy groups -OCH3 is 1. The molecule has 3 aliphatic heterocycles. The van der Waals surface area contributed by atoms with Gasteiger partial charge in [-0.3, -0.25) is 4.79 Å². The minimum Gasteiger partial charge on any atom is -0.481 e. The molecule has 5 aromatic rings. The summed E-state index contributed by atoms with van der Waals surface area (Å²) in [4.78, 5) is 29.3. The van der Waals surface area contributed by atoms with Crippen molar-refractivity contribution in [1.82, 2.24) is 29.7 Å². The number of hydrogen-bond donors (Lipinski definition) is 2. The molecule has 5 fully saturated rings. The van der Waals surface area contributed by atoms with Crippen molar-refractivity contribution in [1.29, 1.82) is 5.26 Å². The standard InChI is InChI=1S/C40H38Cl2FN7O4/c1-19(51)36-26-14-30(29-13-23(17-49(29)40(52)20-8-9-20)54-32-15-31(53-2)46-18-47-32)50(38-22-12-28(38)45-16-22)39(26)25-11-21(5-4-10-44)33(35(43)37(25)48-36)24-6-3-7-27(41)34(24)42/h3,6-7,11,14-15,18-20,22-23,28-29,38,45,51H,4-5,8-9,12-13,16-17H2,1-2H3/t19-,22-,23+,28-,29-,38+/m1/s1. The number of amides is 1. The third-order valence-electron chi connectivity index (χ3n) is 11.6. The second-order valence-electron chi connectivity index (χ2n) is 14.9. The molecule has 5 aliphatic rings. The molecule has 3 saturated heterocycles. The lowest BCUT2D eigenvalue weighted by Gasteiger charge is -2.39. The van der Waals surface area contributed by atoms with Gasteiger partial charge in [0.1, 0.15) is 17.9 Å². The number of likely N-dealkylation sites (tertiary alicyclic amines) is 1. The fraction of sp³-hybridized carbons (Fsp3) is 0.425. The molecule has 2 aromatic carbocycles. The fourth-order valence-electron chi connectivity index (χ4n) is 8.93. The zero-order chi connectivity index (χ0) is 37.4. The molecular weight excluding hydrogens is 732 g/mol. The lowest BCUT2D eigenvalue weighted by molar-refractivity contribution is -0.133. The number of benzene rings is 2. The van der Waals surface area contributed by atoms with Gasteiger partial charge in [0.2, 0.25) is 17.7 Å². The topological polar surface area (TPSA) is 138 Å². The van der Waals surface area contributed by atoms with Crippen LogP contribution in [0.5, 0.6) is 11.8 Å². The van der Waals surface area contributed by atoms with Crippen LogP contribution in [0.15, 0.2) is 42.7 Å². The highest BCUT2D eigenvalue weighted by Gasteiger charge is 2.51. The molecule has 6 atom stereocenters. The Bertz CT molecular complexity index is 2360. The minimum atomic E-state index is -1.04. The molecule has 0 unspecified atom stereocenters. The maximum absolute atomic E-state index is 17.4. The van der Waals surface area contributed by atoms with Gasteiger partial charge in [0.25, 0.3) is 0 Å². The second kappa shape index (κ2) is 13.6. The fourth-order valence-corrected chi connectivity index (χ4v) is 9.33. The van der Waals surface area contributed by atoms with Gasteiger partial charge in [0.15, 0.2) is 5.82 Å². The van der Waals surface area contributed by atoms with Gasteiger partial charge < -0.3 is 29.4 Å². The Morgan fingerprint density at radius 2 is 1.98 bits per heavy atom. The number of rotatable bonds is 10. The predicted octanol–water partition coefficient (Wildman–Crippen LogP) is 7.27. The van der Waals surface area contributed by atoms with Gasteiger partial charge >= 0.3 is 0 Å². The number of nitriles is 1. The number of pyridine rings is 1. The van der Waals surface area contributed by atoms with Crippen LogP contribution in [0.2, 0.25) is 10.0 Å². The van der Waals surface area contributed by atoms with Crippen molar-refractivity contribution in [3.63, 3.8) is 0 Å². The van der Waals surface area contributed by atoms with E-state index in [9.17, 15) is 15.2 Å². The average Bonchev–Trinajstić information content (AvgIpc) is 3.43. The van der Waals surface area contributed by atoms with Gasteiger partial charge in [0, 0.05) is 58.9 Å². The van der Waals surface area contributed by atoms with Crippen LogP contribution in [0.4, 0.5) is 4.39 Å². The molecule has 2 saturated carbocycles. The first-order valence-electron chi connectivity index (χ1n) is 18.4. The van der Waals surface area contributed by atoms with Crippen LogP contribution in [0.3, 0.4) is 0 Å². The van der Waals surface area contributed by atoms with Crippen LogP contribution >= 0.6 is 23.2 Å². The monoisotopic (exact) mass is 769 g/mol. The molecule has 3 aromatic heterocycles. The number of carbonyl (C=O) groups is 1. The van der Waals surface area contributed by atoms with E-state index in [-0.39, 0.29) is 70.0 Å². The Balaban J connectivity index is 1.28. The maximum Gasteiger partial charge on any atom is 0.226 e. The molecule has 6 heterocycles. The quantitative estimate of drug-likeness (QED) is 0.150. The van der Waals surface area contributed by atoms with E-state index in [0.29, 0.717) is 58.2 Å². The molecular formula is C40H38Cl2FN7O4. The number of hydrogen-bond acceptors (Lipinski definition) is 9. The van der Waals surface area contributed by atoms with Crippen molar-refractivity contribution in [2.75, 3.05) is 20.2 Å². The van der Waals surface area contributed by atoms with E-state index in [1.807, 2.05) is 17.0 Å². The Hall–Kier alpha value is -4.54. The van der Waals surface area contributed by atoms with Gasteiger partial charge in [-0.15, -0.1) is 0 Å². The first-order valence-corrected chi connectivity index (χ1v) is 19.2. The minimum absolute atomic E-state index is 0.0293. The van der Waals surface area contributed by atoms with E-state index in [4.69, 9.17) is 37.7 Å². The first-order chi connectivity index (χ1) is 26.2. The maximum atomic E-state index is 17.4. The summed E-state index contributed by atoms with van der Waals surface area (Å²) in [6.45, 7) is 2.84. The highest BCUT2D eigenvalue weighted by molar-refractivity contribution is 6.43. The number of nitrogens with one attached hydrogen (secondary N) is 1. The van der Waals surface area contributed by atoms with E-state index in [0.717, 1.165) is 37.0 Å². The van der Waals surface area contributed by atoms with Crippen molar-refractivity contribution in [2.24, 2.45) is 11.8 Å². The number of aromatic nitrogens is 4. The van der Waals surface area contributed by atoms with Crippen LogP contribution < -0.4 is 14.8 Å². The van der Waals surface area contributed by atoms with Crippen molar-refractivity contribution in [2.45, 2.75) is 75.8 Å². The number of aryl methyl sites for hydroxylation is 1. The summed E-state index contributed by atoms with van der Waals surface area (Å²) in [7, 11) is 1.53. The summed E-state index contributed by atoms with van der Waals surface area (Å²) < 4.78 is 31.4. The van der Waals surface area contributed by atoms with Gasteiger partial charge in [-0.25, -0.2) is 19.3 Å². The number of aliphatic hydroxyl groups is 1. The molecule has 0 radical (unpaired) electrons. The highest BCUT2D eigenvalue weighted by Crippen LogP contribution is 2.52. The van der Waals surface area contributed by atoms with E-state index in [1.165, 1.54) is 13.4 Å². The summed E-state index contributed by atoms with van der Waals surface area (Å²) in [6.07, 6.45) is 3.59. The van der Waals surface area contributed by atoms with Gasteiger partial charge in [-0.2, -0.15) is 5.26 Å². The van der Waals surface area contributed by atoms with Gasteiger partial charge in [-0.1, -0.05) is 35.3 Å². The lowest BCUT2D eigenvalue weighted by Crippen LogP contribution is -2.41. The molecule has 1 amide bonds. The smallest absolute Gasteiger partial charge is 0.226 e. The normalized spacial score (nSPS) is 23.8. The zero-order valence-corrected chi connectivity index (χ0v) is 31.2. The average molecular weight is 771 g/mol. The van der Waals surface area contributed by atoms with Crippen molar-refractivity contribution in [3.8, 4) is 29.0 Å². The van der Waals surface area contributed by atoms with Crippen molar-refractivity contribution in [3.05, 3.63) is 75.5 Å². The SMILES string of the molecule is COc1cc(O[C@H]2C[C@H](c3cc4c([C@@H](C)O)nc5c(F)c(-c6cccc(Cl)c6Cl)c(CCC#N)cc5c4n3[C@H]3[C@H]4CN[C@@H]3C4)N(C(=O)C3CC3)C2)ncn1. The predicted molar refractivity (Wildman–Crippen MR) is 201 cm³/mol. The van der Waals surface area contributed by atoms with Crippen LogP contribution in [-0.2, 0) is 11.2 Å². The summed E-state index contributed by atoms with van der Waals surface area (Å²) in [6, 6.07) is 12.7. The number of aliphatic hydroxyl groups excluding tert-OH is 1. The second-order valence-corrected chi connectivity index (χ2v) is 15.7. The number of halogens is 3. The van der Waals surface area contributed by atoms with Crippen molar-refractivity contribution >= 4 is 50.9 Å². The highest BCUT2D eigenvalue weighted by atomic mass is 35.5. The summed E-state index contributed by atoms with van der Waals surface area (Å²) >= 11 is 13.1. The Morgan fingerprint density at radius 1 is 1.17 bits per heavy atom. The number of nitrogens with zero attached hydrogens (tertiary/aromatic N) is 6. The zero-order valence-electron chi connectivity index (χ0n) is 29.7. The largest absolute Gasteiger partial charge is 0.481 e. The van der Waals surface area contributed by atoms with E-state index in [1.54, 1.807) is 31.2 Å². The third kappa shape index (κ3) is 5.75. The summed E-state index contributed by atoms with van der Waals surface area (Å²) in [5.41, 5.74) is 3.31. The molecule has 14 heteroatoms. The lowest BCUT2D eigenvalue weighted by atomic mass is 9.79. The molecule has 278 valence electrons.